The summed E-state index contributed by atoms with van der Waals surface area (Å²) >= 11 is 2.23. The van der Waals surface area contributed by atoms with E-state index in [0.29, 0.717) is 10.9 Å². The van der Waals surface area contributed by atoms with Crippen LogP contribution < -0.4 is 0 Å². The molecular formula is C11H8FI. The lowest BCUT2D eigenvalue weighted by atomic mass is 10.1. The Kier molecular flexibility index (Phi) is 2.24. The predicted octanol–water partition coefficient (Wildman–Crippen LogP) is 3.89. The minimum absolute atomic E-state index is 0.103. The lowest BCUT2D eigenvalue weighted by Gasteiger charge is -2.02. The highest BCUT2D eigenvalue weighted by Gasteiger charge is 2.03. The highest BCUT2D eigenvalue weighted by Crippen LogP contribution is 2.22. The molecule has 2 aromatic carbocycles. The van der Waals surface area contributed by atoms with Crippen molar-refractivity contribution in [1.82, 2.24) is 0 Å². The van der Waals surface area contributed by atoms with Crippen molar-refractivity contribution in [2.75, 3.05) is 0 Å². The second kappa shape index (κ2) is 3.25. The molecule has 0 amide bonds. The van der Waals surface area contributed by atoms with Crippen LogP contribution in [0.5, 0.6) is 0 Å². The highest BCUT2D eigenvalue weighted by molar-refractivity contribution is 14.1. The maximum Gasteiger partial charge on any atom is 0.133 e. The third kappa shape index (κ3) is 1.55. The van der Waals surface area contributed by atoms with Crippen LogP contribution in [0.2, 0.25) is 0 Å². The fourth-order valence-corrected chi connectivity index (χ4v) is 1.89. The van der Waals surface area contributed by atoms with Crippen LogP contribution in [0.4, 0.5) is 4.39 Å². The number of benzene rings is 2. The van der Waals surface area contributed by atoms with E-state index in [2.05, 4.69) is 22.6 Å². The Morgan fingerprint density at radius 2 is 1.92 bits per heavy atom. The van der Waals surface area contributed by atoms with Gasteiger partial charge in [0.1, 0.15) is 5.82 Å². The van der Waals surface area contributed by atoms with Gasteiger partial charge in [-0.1, -0.05) is 18.2 Å². The standard InChI is InChI=1S/C11H8FI/c1-7-2-3-8-6-9(13)4-5-10(8)11(7)12/h2-6H,1H3. The van der Waals surface area contributed by atoms with Gasteiger partial charge in [-0.25, -0.2) is 4.39 Å². The van der Waals surface area contributed by atoms with Crippen LogP contribution in [0.25, 0.3) is 10.8 Å². The van der Waals surface area contributed by atoms with Crippen molar-refractivity contribution in [2.45, 2.75) is 6.92 Å². The summed E-state index contributed by atoms with van der Waals surface area (Å²) in [6, 6.07) is 9.51. The highest BCUT2D eigenvalue weighted by atomic mass is 127. The van der Waals surface area contributed by atoms with Gasteiger partial charge in [0.15, 0.2) is 0 Å². The molecule has 0 saturated carbocycles. The molecule has 0 aromatic heterocycles. The molecule has 2 aromatic rings. The third-order valence-electron chi connectivity index (χ3n) is 2.11. The zero-order valence-corrected chi connectivity index (χ0v) is 9.30. The van der Waals surface area contributed by atoms with Crippen LogP contribution in [-0.2, 0) is 0 Å². The average Bonchev–Trinajstić information content (AvgIpc) is 2.12. The summed E-state index contributed by atoms with van der Waals surface area (Å²) in [7, 11) is 0. The number of aryl methyl sites for hydroxylation is 1. The van der Waals surface area contributed by atoms with Gasteiger partial charge < -0.3 is 0 Å². The van der Waals surface area contributed by atoms with E-state index >= 15 is 0 Å². The second-order valence-electron chi connectivity index (χ2n) is 3.06. The first kappa shape index (κ1) is 8.94. The molecule has 0 heterocycles. The number of rotatable bonds is 0. The Balaban J connectivity index is 2.87. The zero-order chi connectivity index (χ0) is 9.42. The third-order valence-corrected chi connectivity index (χ3v) is 2.78. The molecule has 0 aliphatic carbocycles. The average molecular weight is 286 g/mol. The van der Waals surface area contributed by atoms with E-state index < -0.39 is 0 Å². The SMILES string of the molecule is Cc1ccc2cc(I)ccc2c1F. The Morgan fingerprint density at radius 3 is 2.69 bits per heavy atom. The Labute approximate surface area is 89.9 Å². The molecule has 0 aliphatic heterocycles. The van der Waals surface area contributed by atoms with Crippen molar-refractivity contribution >= 4 is 33.4 Å². The van der Waals surface area contributed by atoms with Crippen LogP contribution in [0.1, 0.15) is 5.56 Å². The molecule has 0 unspecified atom stereocenters. The molecule has 0 aliphatic rings. The molecule has 0 nitrogen and oxygen atoms in total. The van der Waals surface area contributed by atoms with Crippen LogP contribution in [0.15, 0.2) is 30.3 Å². The molecule has 0 radical (unpaired) electrons. The molecule has 0 N–H and O–H groups in total. The first-order chi connectivity index (χ1) is 6.18. The van der Waals surface area contributed by atoms with Gasteiger partial charge in [-0.2, -0.15) is 0 Å². The molecule has 0 saturated heterocycles. The Bertz CT molecular complexity index is 463. The monoisotopic (exact) mass is 286 g/mol. The normalized spacial score (nSPS) is 10.7. The molecule has 0 spiro atoms. The molecule has 2 rings (SSSR count). The van der Waals surface area contributed by atoms with Crippen molar-refractivity contribution in [3.05, 3.63) is 45.3 Å². The Morgan fingerprint density at radius 1 is 1.15 bits per heavy atom. The van der Waals surface area contributed by atoms with Gasteiger partial charge in [-0.3, -0.25) is 0 Å². The molecular weight excluding hydrogens is 278 g/mol. The van der Waals surface area contributed by atoms with Gasteiger partial charge in [0.05, 0.1) is 0 Å². The smallest absolute Gasteiger partial charge is 0.133 e. The summed E-state index contributed by atoms with van der Waals surface area (Å²) in [5.41, 5.74) is 0.703. The van der Waals surface area contributed by atoms with Gasteiger partial charge in [0, 0.05) is 8.96 Å². The van der Waals surface area contributed by atoms with Gasteiger partial charge in [-0.05, 0) is 52.6 Å². The molecule has 2 heteroatoms. The summed E-state index contributed by atoms with van der Waals surface area (Å²) in [5, 5.41) is 1.68. The van der Waals surface area contributed by atoms with Crippen LogP contribution in [0, 0.1) is 16.3 Å². The van der Waals surface area contributed by atoms with E-state index in [1.165, 1.54) is 0 Å². The first-order valence-electron chi connectivity index (χ1n) is 4.03. The minimum atomic E-state index is -0.103. The van der Waals surface area contributed by atoms with Crippen LogP contribution in [-0.4, -0.2) is 0 Å². The van der Waals surface area contributed by atoms with Crippen molar-refractivity contribution < 1.29 is 4.39 Å². The fraction of sp³-hybridized carbons (Fsp3) is 0.0909. The quantitative estimate of drug-likeness (QED) is 0.644. The van der Waals surface area contributed by atoms with Gasteiger partial charge in [0.25, 0.3) is 0 Å². The van der Waals surface area contributed by atoms with E-state index in [-0.39, 0.29) is 5.82 Å². The molecule has 66 valence electrons. The second-order valence-corrected chi connectivity index (χ2v) is 4.31. The number of halogens is 2. The maximum absolute atomic E-state index is 13.5. The van der Waals surface area contributed by atoms with E-state index in [1.54, 1.807) is 6.92 Å². The van der Waals surface area contributed by atoms with E-state index in [4.69, 9.17) is 0 Å². The first-order valence-corrected chi connectivity index (χ1v) is 5.11. The molecule has 13 heavy (non-hydrogen) atoms. The van der Waals surface area contributed by atoms with E-state index in [9.17, 15) is 4.39 Å². The lowest BCUT2D eigenvalue weighted by Crippen LogP contribution is -1.84. The molecule has 0 bridgehead atoms. The zero-order valence-electron chi connectivity index (χ0n) is 7.14. The van der Waals surface area contributed by atoms with E-state index in [0.717, 1.165) is 8.96 Å². The number of hydrogen-bond donors (Lipinski definition) is 0. The molecule has 0 fully saturated rings. The van der Waals surface area contributed by atoms with Crippen molar-refractivity contribution in [3.8, 4) is 0 Å². The van der Waals surface area contributed by atoms with Gasteiger partial charge >= 0.3 is 0 Å². The molecule has 0 atom stereocenters. The fourth-order valence-electron chi connectivity index (χ4n) is 1.37. The van der Waals surface area contributed by atoms with Gasteiger partial charge in [-0.15, -0.1) is 0 Å². The van der Waals surface area contributed by atoms with Crippen LogP contribution in [0.3, 0.4) is 0 Å². The van der Waals surface area contributed by atoms with Crippen molar-refractivity contribution in [1.29, 1.82) is 0 Å². The maximum atomic E-state index is 13.5. The topological polar surface area (TPSA) is 0 Å². The van der Waals surface area contributed by atoms with E-state index in [1.807, 2.05) is 30.3 Å². The summed E-state index contributed by atoms with van der Waals surface area (Å²) in [6.45, 7) is 1.78. The summed E-state index contributed by atoms with van der Waals surface area (Å²) in [6.07, 6.45) is 0. The van der Waals surface area contributed by atoms with Gasteiger partial charge in [0.2, 0.25) is 0 Å². The Hall–Kier alpha value is -0.640. The predicted molar refractivity (Wildman–Crippen MR) is 61.4 cm³/mol. The lowest BCUT2D eigenvalue weighted by molar-refractivity contribution is 0.631. The largest absolute Gasteiger partial charge is 0.206 e. The number of fused-ring (bicyclic) bond motifs is 1. The number of hydrogen-bond acceptors (Lipinski definition) is 0. The summed E-state index contributed by atoms with van der Waals surface area (Å²) in [4.78, 5) is 0. The minimum Gasteiger partial charge on any atom is -0.206 e. The van der Waals surface area contributed by atoms with Crippen molar-refractivity contribution in [3.63, 3.8) is 0 Å². The summed E-state index contributed by atoms with van der Waals surface area (Å²) in [5.74, 6) is -0.103. The van der Waals surface area contributed by atoms with Crippen LogP contribution >= 0.6 is 22.6 Å². The summed E-state index contributed by atoms with van der Waals surface area (Å²) < 4.78 is 14.7. The van der Waals surface area contributed by atoms with Crippen molar-refractivity contribution in [2.24, 2.45) is 0 Å².